The van der Waals surface area contributed by atoms with Crippen LogP contribution in [0.1, 0.15) is 35.4 Å². The van der Waals surface area contributed by atoms with Crippen molar-refractivity contribution in [3.8, 4) is 5.75 Å². The molecule has 0 amide bonds. The highest BCUT2D eigenvalue weighted by Gasteiger charge is 2.30. The van der Waals surface area contributed by atoms with Crippen LogP contribution < -0.4 is 4.74 Å². The van der Waals surface area contributed by atoms with Gasteiger partial charge in [-0.2, -0.15) is 5.10 Å². The number of halogens is 1. The number of nitrogens with zero attached hydrogens (tertiary/aromatic N) is 2. The minimum Gasteiger partial charge on any atom is -0.485 e. The lowest BCUT2D eigenvalue weighted by atomic mass is 9.95. The Balaban J connectivity index is 1.98. The molecule has 1 aliphatic heterocycles. The van der Waals surface area contributed by atoms with Gasteiger partial charge in [-0.15, -0.1) is 0 Å². The van der Waals surface area contributed by atoms with Crippen LogP contribution >= 0.6 is 15.9 Å². The van der Waals surface area contributed by atoms with Crippen molar-refractivity contribution in [2.75, 3.05) is 0 Å². The summed E-state index contributed by atoms with van der Waals surface area (Å²) in [6.45, 7) is 1.96. The summed E-state index contributed by atoms with van der Waals surface area (Å²) in [6.07, 6.45) is 1.86. The van der Waals surface area contributed by atoms with Gasteiger partial charge in [0.1, 0.15) is 11.9 Å². The van der Waals surface area contributed by atoms with Gasteiger partial charge < -0.3 is 9.84 Å². The number of aryl methyl sites for hydroxylation is 2. The van der Waals surface area contributed by atoms with Crippen LogP contribution in [0.4, 0.5) is 0 Å². The molecule has 1 N–H and O–H groups in total. The Morgan fingerprint density at radius 2 is 2.21 bits per heavy atom. The van der Waals surface area contributed by atoms with E-state index in [1.807, 2.05) is 38.4 Å². The maximum atomic E-state index is 10.3. The van der Waals surface area contributed by atoms with Crippen molar-refractivity contribution in [2.24, 2.45) is 7.05 Å². The maximum Gasteiger partial charge on any atom is 0.130 e. The standard InChI is InChI=1S/C14H15BrN2O2/c1-8-11(7-17(2)16-8)14-6-12(18)10-4-3-9(15)5-13(10)19-14/h3-5,7,12,14,18H,6H2,1-2H3. The van der Waals surface area contributed by atoms with Crippen LogP contribution in [0, 0.1) is 6.92 Å². The predicted molar refractivity (Wildman–Crippen MR) is 75.0 cm³/mol. The molecule has 0 fully saturated rings. The highest BCUT2D eigenvalue weighted by atomic mass is 79.9. The second kappa shape index (κ2) is 4.65. The van der Waals surface area contributed by atoms with E-state index < -0.39 is 6.10 Å². The molecular formula is C14H15BrN2O2. The minimum atomic E-state index is -0.499. The first kappa shape index (κ1) is 12.7. The number of fused-ring (bicyclic) bond motifs is 1. The molecule has 1 aliphatic rings. The van der Waals surface area contributed by atoms with Crippen molar-refractivity contribution in [1.82, 2.24) is 9.78 Å². The molecule has 1 aromatic heterocycles. The summed E-state index contributed by atoms with van der Waals surface area (Å²) in [4.78, 5) is 0. The van der Waals surface area contributed by atoms with E-state index in [1.54, 1.807) is 4.68 Å². The van der Waals surface area contributed by atoms with Crippen molar-refractivity contribution in [1.29, 1.82) is 0 Å². The number of rotatable bonds is 1. The average molecular weight is 323 g/mol. The fraction of sp³-hybridized carbons (Fsp3) is 0.357. The lowest BCUT2D eigenvalue weighted by Gasteiger charge is -2.29. The normalized spacial score (nSPS) is 21.9. The minimum absolute atomic E-state index is 0.148. The molecule has 0 bridgehead atoms. The molecule has 0 spiro atoms. The van der Waals surface area contributed by atoms with Crippen molar-refractivity contribution in [2.45, 2.75) is 25.6 Å². The van der Waals surface area contributed by atoms with E-state index in [9.17, 15) is 5.11 Å². The smallest absolute Gasteiger partial charge is 0.130 e. The summed E-state index contributed by atoms with van der Waals surface area (Å²) in [5, 5.41) is 14.6. The second-order valence-electron chi connectivity index (χ2n) is 4.88. The number of ether oxygens (including phenoxy) is 1. The summed E-state index contributed by atoms with van der Waals surface area (Å²) in [5.41, 5.74) is 2.83. The zero-order chi connectivity index (χ0) is 13.6. The molecule has 100 valence electrons. The molecule has 0 saturated heterocycles. The Morgan fingerprint density at radius 1 is 1.42 bits per heavy atom. The van der Waals surface area contributed by atoms with E-state index in [2.05, 4.69) is 21.0 Å². The van der Waals surface area contributed by atoms with Gasteiger partial charge in [-0.3, -0.25) is 4.68 Å². The van der Waals surface area contributed by atoms with Gasteiger partial charge in [-0.05, 0) is 19.1 Å². The summed E-state index contributed by atoms with van der Waals surface area (Å²) >= 11 is 3.43. The van der Waals surface area contributed by atoms with Crippen LogP contribution in [0.15, 0.2) is 28.9 Å². The van der Waals surface area contributed by atoms with Crippen molar-refractivity contribution >= 4 is 15.9 Å². The van der Waals surface area contributed by atoms with Gasteiger partial charge in [-0.1, -0.05) is 22.0 Å². The fourth-order valence-electron chi connectivity index (χ4n) is 2.54. The highest BCUT2D eigenvalue weighted by Crippen LogP contribution is 2.42. The first-order valence-corrected chi connectivity index (χ1v) is 6.98. The van der Waals surface area contributed by atoms with E-state index in [1.165, 1.54) is 0 Å². The highest BCUT2D eigenvalue weighted by molar-refractivity contribution is 9.10. The van der Waals surface area contributed by atoms with Crippen LogP contribution in [-0.4, -0.2) is 14.9 Å². The number of aromatic nitrogens is 2. The molecule has 2 aromatic rings. The lowest BCUT2D eigenvalue weighted by Crippen LogP contribution is -2.19. The molecule has 3 rings (SSSR count). The second-order valence-corrected chi connectivity index (χ2v) is 5.80. The van der Waals surface area contributed by atoms with Crippen LogP contribution in [0.2, 0.25) is 0 Å². The van der Waals surface area contributed by atoms with Crippen LogP contribution in [0.5, 0.6) is 5.75 Å². The van der Waals surface area contributed by atoms with Crippen molar-refractivity contribution < 1.29 is 9.84 Å². The van der Waals surface area contributed by atoms with Crippen molar-refractivity contribution in [3.63, 3.8) is 0 Å². The number of aliphatic hydroxyl groups excluding tert-OH is 1. The molecule has 0 aliphatic carbocycles. The van der Waals surface area contributed by atoms with E-state index in [0.717, 1.165) is 27.0 Å². The lowest BCUT2D eigenvalue weighted by molar-refractivity contribution is 0.0654. The monoisotopic (exact) mass is 322 g/mol. The van der Waals surface area contributed by atoms with Crippen molar-refractivity contribution in [3.05, 3.63) is 45.7 Å². The third-order valence-electron chi connectivity index (χ3n) is 3.44. The Morgan fingerprint density at radius 3 is 2.89 bits per heavy atom. The third kappa shape index (κ3) is 2.28. The summed E-state index contributed by atoms with van der Waals surface area (Å²) in [5.74, 6) is 0.737. The Labute approximate surface area is 120 Å². The molecule has 0 saturated carbocycles. The SMILES string of the molecule is Cc1nn(C)cc1C1CC(O)c2ccc(Br)cc2O1. The molecule has 19 heavy (non-hydrogen) atoms. The molecule has 2 unspecified atom stereocenters. The third-order valence-corrected chi connectivity index (χ3v) is 3.93. The molecule has 2 atom stereocenters. The summed E-state index contributed by atoms with van der Waals surface area (Å²) in [6, 6.07) is 5.72. The van der Waals surface area contributed by atoms with Crippen LogP contribution in [-0.2, 0) is 7.05 Å². The molecule has 1 aromatic carbocycles. The van der Waals surface area contributed by atoms with Gasteiger partial charge in [0.05, 0.1) is 11.8 Å². The quantitative estimate of drug-likeness (QED) is 0.877. The predicted octanol–water partition coefficient (Wildman–Crippen LogP) is 3.05. The van der Waals surface area contributed by atoms with Crippen LogP contribution in [0.25, 0.3) is 0 Å². The van der Waals surface area contributed by atoms with Gasteiger partial charge in [0, 0.05) is 35.3 Å². The van der Waals surface area contributed by atoms with Gasteiger partial charge in [0.2, 0.25) is 0 Å². The molecule has 4 nitrogen and oxygen atoms in total. The molecule has 5 heteroatoms. The average Bonchev–Trinajstić information content (AvgIpc) is 2.67. The number of hydrogen-bond donors (Lipinski definition) is 1. The maximum absolute atomic E-state index is 10.3. The van der Waals surface area contributed by atoms with E-state index in [4.69, 9.17) is 4.74 Å². The molecular weight excluding hydrogens is 308 g/mol. The van der Waals surface area contributed by atoms with E-state index >= 15 is 0 Å². The Kier molecular flexibility index (Phi) is 3.11. The zero-order valence-electron chi connectivity index (χ0n) is 10.8. The first-order chi connectivity index (χ1) is 9.04. The van der Waals surface area contributed by atoms with Gasteiger partial charge in [0.15, 0.2) is 0 Å². The largest absolute Gasteiger partial charge is 0.485 e. The molecule has 0 radical (unpaired) electrons. The molecule has 2 heterocycles. The summed E-state index contributed by atoms with van der Waals surface area (Å²) < 4.78 is 8.74. The van der Waals surface area contributed by atoms with E-state index in [0.29, 0.717) is 6.42 Å². The fourth-order valence-corrected chi connectivity index (χ4v) is 2.88. The Bertz CT molecular complexity index is 624. The number of hydrogen-bond acceptors (Lipinski definition) is 3. The first-order valence-electron chi connectivity index (χ1n) is 6.19. The van der Waals surface area contributed by atoms with Crippen LogP contribution in [0.3, 0.4) is 0 Å². The Hall–Kier alpha value is -1.33. The zero-order valence-corrected chi connectivity index (χ0v) is 12.4. The van der Waals surface area contributed by atoms with Gasteiger partial charge in [-0.25, -0.2) is 0 Å². The van der Waals surface area contributed by atoms with Gasteiger partial charge in [0.25, 0.3) is 0 Å². The van der Waals surface area contributed by atoms with E-state index in [-0.39, 0.29) is 6.10 Å². The number of aliphatic hydroxyl groups is 1. The number of benzene rings is 1. The summed E-state index contributed by atoms with van der Waals surface area (Å²) in [7, 11) is 1.89. The topological polar surface area (TPSA) is 47.3 Å². The van der Waals surface area contributed by atoms with Gasteiger partial charge >= 0.3 is 0 Å².